The van der Waals surface area contributed by atoms with Gasteiger partial charge in [0, 0.05) is 36.8 Å². The van der Waals surface area contributed by atoms with Crippen molar-refractivity contribution < 1.29 is 13.2 Å². The molecule has 0 aromatic heterocycles. The fourth-order valence-electron chi connectivity index (χ4n) is 3.65. The van der Waals surface area contributed by atoms with Crippen LogP contribution in [-0.4, -0.2) is 50.6 Å². The summed E-state index contributed by atoms with van der Waals surface area (Å²) >= 11 is 0. The molecule has 4 rings (SSSR count). The molecular weight excluding hydrogens is 388 g/mol. The molecular formula is C21H24N4O3S. The van der Waals surface area contributed by atoms with E-state index in [1.165, 1.54) is 4.31 Å². The lowest BCUT2D eigenvalue weighted by Crippen LogP contribution is -2.41. The second-order valence-electron chi connectivity index (χ2n) is 7.22. The SMILES string of the molecule is O=C(Nc1ccc(C2=NCCN2)cc1)C1CCN(S(=O)(=O)c2ccccc2)CC1. The first-order valence-electron chi connectivity index (χ1n) is 9.79. The third kappa shape index (κ3) is 4.33. The molecule has 2 N–H and O–H groups in total. The standard InChI is InChI=1S/C21H24N4O3S/c26-21(24-18-8-6-16(7-9-18)20-22-12-13-23-20)17-10-14-25(15-11-17)29(27,28)19-4-2-1-3-5-19/h1-9,17H,10-15H2,(H,22,23)(H,24,26). The maximum atomic E-state index is 12.7. The number of rotatable bonds is 5. The summed E-state index contributed by atoms with van der Waals surface area (Å²) in [5.41, 5.74) is 1.73. The van der Waals surface area contributed by atoms with Gasteiger partial charge in [0.05, 0.1) is 11.4 Å². The number of anilines is 1. The van der Waals surface area contributed by atoms with Crippen molar-refractivity contribution in [2.45, 2.75) is 17.7 Å². The first kappa shape index (κ1) is 19.6. The number of piperidine rings is 1. The molecule has 1 fully saturated rings. The first-order chi connectivity index (χ1) is 14.0. The average Bonchev–Trinajstić information content (AvgIpc) is 3.30. The zero-order chi connectivity index (χ0) is 20.3. The van der Waals surface area contributed by atoms with Crippen molar-refractivity contribution in [3.8, 4) is 0 Å². The van der Waals surface area contributed by atoms with Crippen LogP contribution in [0.15, 0.2) is 64.5 Å². The van der Waals surface area contributed by atoms with E-state index in [9.17, 15) is 13.2 Å². The molecule has 0 atom stereocenters. The third-order valence-electron chi connectivity index (χ3n) is 5.31. The van der Waals surface area contributed by atoms with Crippen LogP contribution in [0.5, 0.6) is 0 Å². The van der Waals surface area contributed by atoms with Crippen LogP contribution in [0.3, 0.4) is 0 Å². The Morgan fingerprint density at radius 3 is 2.34 bits per heavy atom. The van der Waals surface area contributed by atoms with E-state index in [1.807, 2.05) is 24.3 Å². The van der Waals surface area contributed by atoms with E-state index in [1.54, 1.807) is 30.3 Å². The number of amides is 1. The van der Waals surface area contributed by atoms with Gasteiger partial charge in [-0.1, -0.05) is 18.2 Å². The van der Waals surface area contributed by atoms with Gasteiger partial charge >= 0.3 is 0 Å². The second kappa shape index (κ2) is 8.34. The quantitative estimate of drug-likeness (QED) is 0.787. The third-order valence-corrected chi connectivity index (χ3v) is 7.22. The normalized spacial score (nSPS) is 18.1. The molecule has 0 bridgehead atoms. The van der Waals surface area contributed by atoms with E-state index >= 15 is 0 Å². The fourth-order valence-corrected chi connectivity index (χ4v) is 5.14. The summed E-state index contributed by atoms with van der Waals surface area (Å²) in [6, 6.07) is 16.0. The number of nitrogens with zero attached hydrogens (tertiary/aromatic N) is 2. The largest absolute Gasteiger partial charge is 0.368 e. The molecule has 2 aliphatic rings. The number of benzene rings is 2. The highest BCUT2D eigenvalue weighted by Gasteiger charge is 2.32. The lowest BCUT2D eigenvalue weighted by atomic mass is 9.97. The molecule has 2 aliphatic heterocycles. The van der Waals surface area contributed by atoms with Crippen LogP contribution in [0.2, 0.25) is 0 Å². The van der Waals surface area contributed by atoms with E-state index in [-0.39, 0.29) is 11.8 Å². The first-order valence-corrected chi connectivity index (χ1v) is 11.2. The molecule has 1 amide bonds. The number of amidine groups is 1. The molecule has 2 aromatic rings. The summed E-state index contributed by atoms with van der Waals surface area (Å²) in [7, 11) is -3.50. The predicted molar refractivity (Wildman–Crippen MR) is 112 cm³/mol. The van der Waals surface area contributed by atoms with Gasteiger partial charge < -0.3 is 10.6 Å². The number of sulfonamides is 1. The molecule has 2 heterocycles. The molecule has 2 aromatic carbocycles. The Morgan fingerprint density at radius 2 is 1.72 bits per heavy atom. The molecule has 152 valence electrons. The van der Waals surface area contributed by atoms with Gasteiger partial charge in [-0.05, 0) is 49.2 Å². The zero-order valence-electron chi connectivity index (χ0n) is 16.0. The Labute approximate surface area is 170 Å². The van der Waals surface area contributed by atoms with E-state index < -0.39 is 10.0 Å². The molecule has 8 heteroatoms. The summed E-state index contributed by atoms with van der Waals surface area (Å²) in [5.74, 6) is 0.624. The van der Waals surface area contributed by atoms with Crippen LogP contribution in [-0.2, 0) is 14.8 Å². The topological polar surface area (TPSA) is 90.9 Å². The Morgan fingerprint density at radius 1 is 1.03 bits per heavy atom. The summed E-state index contributed by atoms with van der Waals surface area (Å²) in [5, 5.41) is 6.17. The highest BCUT2D eigenvalue weighted by Crippen LogP contribution is 2.25. The minimum absolute atomic E-state index is 0.0640. The van der Waals surface area contributed by atoms with Gasteiger partial charge in [-0.15, -0.1) is 0 Å². The Balaban J connectivity index is 1.33. The van der Waals surface area contributed by atoms with E-state index in [0.29, 0.717) is 30.8 Å². The Bertz CT molecular complexity index is 996. The van der Waals surface area contributed by atoms with Crippen molar-refractivity contribution >= 4 is 27.5 Å². The van der Waals surface area contributed by atoms with E-state index in [2.05, 4.69) is 15.6 Å². The maximum Gasteiger partial charge on any atom is 0.243 e. The highest BCUT2D eigenvalue weighted by atomic mass is 32.2. The van der Waals surface area contributed by atoms with Crippen LogP contribution in [0.4, 0.5) is 5.69 Å². The average molecular weight is 413 g/mol. The van der Waals surface area contributed by atoms with Gasteiger partial charge in [-0.3, -0.25) is 9.79 Å². The Hall–Kier alpha value is -2.71. The molecule has 0 saturated carbocycles. The zero-order valence-corrected chi connectivity index (χ0v) is 16.9. The number of nitrogens with one attached hydrogen (secondary N) is 2. The number of aliphatic imine (C=N–C) groups is 1. The Kier molecular flexibility index (Phi) is 5.64. The monoisotopic (exact) mass is 412 g/mol. The molecule has 0 aliphatic carbocycles. The lowest BCUT2D eigenvalue weighted by Gasteiger charge is -2.30. The predicted octanol–water partition coefficient (Wildman–Crippen LogP) is 2.08. The maximum absolute atomic E-state index is 12.7. The minimum atomic E-state index is -3.50. The van der Waals surface area contributed by atoms with Crippen molar-refractivity contribution in [1.82, 2.24) is 9.62 Å². The molecule has 7 nitrogen and oxygen atoms in total. The molecule has 0 radical (unpaired) electrons. The molecule has 29 heavy (non-hydrogen) atoms. The fraction of sp³-hybridized carbons (Fsp3) is 0.333. The number of carbonyl (C=O) groups excluding carboxylic acids is 1. The van der Waals surface area contributed by atoms with Crippen LogP contribution < -0.4 is 10.6 Å². The highest BCUT2D eigenvalue weighted by molar-refractivity contribution is 7.89. The summed E-state index contributed by atoms with van der Waals surface area (Å²) < 4.78 is 26.9. The summed E-state index contributed by atoms with van der Waals surface area (Å²) in [4.78, 5) is 17.3. The minimum Gasteiger partial charge on any atom is -0.368 e. The van der Waals surface area contributed by atoms with Gasteiger partial charge in [-0.25, -0.2) is 8.42 Å². The molecule has 1 saturated heterocycles. The van der Waals surface area contributed by atoms with Crippen molar-refractivity contribution in [2.75, 3.05) is 31.5 Å². The van der Waals surface area contributed by atoms with Gasteiger partial charge in [0.1, 0.15) is 5.84 Å². The molecule has 0 spiro atoms. The lowest BCUT2D eigenvalue weighted by molar-refractivity contribution is -0.120. The van der Waals surface area contributed by atoms with Crippen molar-refractivity contribution in [1.29, 1.82) is 0 Å². The summed E-state index contributed by atoms with van der Waals surface area (Å²) in [6.45, 7) is 2.33. The molecule has 0 unspecified atom stereocenters. The van der Waals surface area contributed by atoms with Crippen LogP contribution in [0.1, 0.15) is 18.4 Å². The van der Waals surface area contributed by atoms with Gasteiger partial charge in [0.25, 0.3) is 0 Å². The van der Waals surface area contributed by atoms with Gasteiger partial charge in [0.15, 0.2) is 0 Å². The van der Waals surface area contributed by atoms with Crippen molar-refractivity contribution in [3.63, 3.8) is 0 Å². The van der Waals surface area contributed by atoms with Crippen molar-refractivity contribution in [3.05, 3.63) is 60.2 Å². The van der Waals surface area contributed by atoms with Crippen LogP contribution in [0.25, 0.3) is 0 Å². The van der Waals surface area contributed by atoms with Gasteiger partial charge in [0.2, 0.25) is 15.9 Å². The smallest absolute Gasteiger partial charge is 0.243 e. The van der Waals surface area contributed by atoms with Crippen LogP contribution in [0, 0.1) is 5.92 Å². The number of hydrogen-bond acceptors (Lipinski definition) is 5. The van der Waals surface area contributed by atoms with Crippen LogP contribution >= 0.6 is 0 Å². The van der Waals surface area contributed by atoms with Gasteiger partial charge in [-0.2, -0.15) is 4.31 Å². The van der Waals surface area contributed by atoms with Crippen molar-refractivity contribution in [2.24, 2.45) is 10.9 Å². The van der Waals surface area contributed by atoms with E-state index in [0.717, 1.165) is 30.2 Å². The number of carbonyl (C=O) groups is 1. The number of hydrogen-bond donors (Lipinski definition) is 2. The van der Waals surface area contributed by atoms with E-state index in [4.69, 9.17) is 0 Å². The second-order valence-corrected chi connectivity index (χ2v) is 9.15. The summed E-state index contributed by atoms with van der Waals surface area (Å²) in [6.07, 6.45) is 1.02.